The molecular formula is C58H75N10NaO21S2. The van der Waals surface area contributed by atoms with Crippen LogP contribution in [0.25, 0.3) is 21.1 Å². The van der Waals surface area contributed by atoms with Crippen molar-refractivity contribution in [1.82, 2.24) is 46.6 Å². The number of benzene rings is 3. The average Bonchev–Trinajstić information content (AvgIpc) is 1.65. The van der Waals surface area contributed by atoms with E-state index in [0.29, 0.717) is 27.9 Å². The predicted molar refractivity (Wildman–Crippen MR) is 318 cm³/mol. The van der Waals surface area contributed by atoms with E-state index in [1.807, 2.05) is 24.3 Å². The minimum atomic E-state index is -2.22. The first-order chi connectivity index (χ1) is 43.5. The summed E-state index contributed by atoms with van der Waals surface area (Å²) in [7, 11) is 1.69. The van der Waals surface area contributed by atoms with Crippen molar-refractivity contribution < 1.29 is 132 Å². The number of unbranched alkanes of at least 4 members (excludes halogenated alkanes) is 4. The fourth-order valence-electron chi connectivity index (χ4n) is 10.6. The van der Waals surface area contributed by atoms with Gasteiger partial charge in [0.05, 0.1) is 49.7 Å². The Morgan fingerprint density at radius 1 is 0.772 bits per heavy atom. The molecule has 3 fully saturated rings. The van der Waals surface area contributed by atoms with Gasteiger partial charge in [-0.05, 0) is 73.9 Å². The van der Waals surface area contributed by atoms with Crippen molar-refractivity contribution in [2.75, 3.05) is 40.0 Å². The molecule has 13 atom stereocenters. The predicted octanol–water partition coefficient (Wildman–Crippen LogP) is -5.45. The minimum absolute atomic E-state index is 0. The number of hydrogen-bond acceptors (Lipinski definition) is 25. The van der Waals surface area contributed by atoms with Crippen molar-refractivity contribution in [2.24, 2.45) is 11.7 Å². The number of amides is 8. The number of primary amides is 1. The zero-order chi connectivity index (χ0) is 66.1. The number of carbonyl (C=O) groups is 8. The number of carbonyl (C=O) groups excluding carboxylic acids is 8. The van der Waals surface area contributed by atoms with Crippen LogP contribution in [0.15, 0.2) is 66.7 Å². The zero-order valence-corrected chi connectivity index (χ0v) is 54.4. The van der Waals surface area contributed by atoms with Crippen molar-refractivity contribution in [3.05, 3.63) is 77.9 Å². The molecule has 0 spiro atoms. The van der Waals surface area contributed by atoms with Gasteiger partial charge in [-0.2, -0.15) is 0 Å². The molecule has 496 valence electrons. The van der Waals surface area contributed by atoms with E-state index in [-0.39, 0.29) is 58.8 Å². The first-order valence-electron chi connectivity index (χ1n) is 29.2. The molecule has 3 aromatic carbocycles. The van der Waals surface area contributed by atoms with E-state index in [4.69, 9.17) is 19.4 Å². The van der Waals surface area contributed by atoms with Gasteiger partial charge in [-0.15, -0.1) is 14.5 Å². The fraction of sp³-hybridized carbons (Fsp3) is 0.517. The molecule has 8 amide bonds. The van der Waals surface area contributed by atoms with Crippen molar-refractivity contribution in [3.8, 4) is 38.4 Å². The third-order valence-electron chi connectivity index (χ3n) is 15.5. The Morgan fingerprint density at radius 3 is 2.03 bits per heavy atom. The average molecular weight is 1340 g/mol. The fourth-order valence-corrected chi connectivity index (χ4v) is 11.8. The zero-order valence-electron chi connectivity index (χ0n) is 50.8. The smallest absolute Gasteiger partial charge is 0.691 e. The molecule has 0 saturated carbocycles. The molecule has 0 aliphatic carbocycles. The van der Waals surface area contributed by atoms with E-state index in [0.717, 1.165) is 73.1 Å². The maximum Gasteiger partial charge on any atom is 1.00 e. The Balaban J connectivity index is 0.0000134. The molecule has 12 unspecified atom stereocenters. The summed E-state index contributed by atoms with van der Waals surface area (Å²) in [6.07, 6.45) is -8.48. The van der Waals surface area contributed by atoms with Crippen LogP contribution in [0.2, 0.25) is 0 Å². The normalized spacial score (nSPS) is 24.5. The monoisotopic (exact) mass is 1330 g/mol. The Hall–Kier alpha value is -6.67. The number of phenols is 1. The molecule has 7 rings (SSSR count). The summed E-state index contributed by atoms with van der Waals surface area (Å²) in [4.78, 5) is 115. The van der Waals surface area contributed by atoms with Crippen molar-refractivity contribution >= 4 is 70.9 Å². The number of hydrogen-bond donors (Lipinski definition) is 13. The van der Waals surface area contributed by atoms with E-state index in [1.165, 1.54) is 36.5 Å². The van der Waals surface area contributed by atoms with Crippen LogP contribution in [0, 0.1) is 5.92 Å². The summed E-state index contributed by atoms with van der Waals surface area (Å²) in [6.45, 7) is 2.18. The molecule has 34 heteroatoms. The van der Waals surface area contributed by atoms with Crippen LogP contribution >= 0.6 is 23.7 Å². The summed E-state index contributed by atoms with van der Waals surface area (Å²) in [6, 6.07) is 5.21. The standard InChI is InChI=1S/C58H76N10O21S2.Na/c1-29-27-68-48(49(29)76)54(81)60-26-35(70)23-38(61-50(77)32-10-12-33(13-11-32)55-65-66-56(90-55)34-14-16-37(17-15-34)86-20-8-6-4-5-7-19-85-3)51(78)62-45(30(2)69)57(82)67-28-36(71)24-39(67)52(79)63-46(53(80)64-47(58(68)83)42(74)25-44(59)75)41(73)21-31-9-18-40(72)43(22-31)87-91-89-88-84;/h9-18,22,29-30,35-36,38-39,41-42,45-49,69-74,76,84H,4-8,19-21,23-28H2,1-3H3,(H2,59,75)(H,60,81)(H,61,77)(H,62,78)(H,63,79)(H,64,80);/q;+1/p-1/t29?,30?,35?,36?,38-,39?,41?,42?,45?,46?,47?,48?,49?;/m0./s1. The Kier molecular flexibility index (Phi) is 28.7. The number of nitrogens with one attached hydrogen (secondary N) is 5. The molecular weight excluding hydrogens is 1260 g/mol. The van der Waals surface area contributed by atoms with Gasteiger partial charge in [0.15, 0.2) is 11.5 Å². The van der Waals surface area contributed by atoms with Crippen LogP contribution in [0.5, 0.6) is 17.2 Å². The summed E-state index contributed by atoms with van der Waals surface area (Å²) >= 11 is 1.28. The van der Waals surface area contributed by atoms with Gasteiger partial charge in [0.25, 0.3) is 18.2 Å². The van der Waals surface area contributed by atoms with Gasteiger partial charge in [0, 0.05) is 75.2 Å². The number of rotatable bonds is 24. The molecule has 14 N–H and O–H groups in total. The molecule has 0 radical (unpaired) electrons. The van der Waals surface area contributed by atoms with Crippen LogP contribution in [-0.2, 0) is 54.1 Å². The molecule has 4 heterocycles. The van der Waals surface area contributed by atoms with E-state index >= 15 is 0 Å². The summed E-state index contributed by atoms with van der Waals surface area (Å²) in [5.41, 5.74) is 6.84. The first kappa shape index (κ1) is 74.4. The van der Waals surface area contributed by atoms with Gasteiger partial charge in [-0.1, -0.05) is 55.7 Å². The number of aromatic nitrogens is 2. The van der Waals surface area contributed by atoms with E-state index in [9.17, 15) is 79.4 Å². The topological polar surface area (TPSA) is 466 Å². The summed E-state index contributed by atoms with van der Waals surface area (Å²) in [5.74, 6) is -10.5. The number of β-amino-alcohol motifs (C(OH)–C–C–N with tert-alkyl or cyclic N) is 1. The molecule has 3 aliphatic heterocycles. The largest absolute Gasteiger partial charge is 1.00 e. The molecule has 0 bridgehead atoms. The molecule has 3 aliphatic rings. The number of aromatic hydroxyl groups is 1. The molecule has 31 nitrogen and oxygen atoms in total. The number of aliphatic hydroxyl groups excluding tert-OH is 6. The number of nitrogens with zero attached hydrogens (tertiary/aromatic N) is 4. The van der Waals surface area contributed by atoms with Crippen LogP contribution in [-0.4, -0.2) is 216 Å². The van der Waals surface area contributed by atoms with Gasteiger partial charge in [0.1, 0.15) is 52.0 Å². The van der Waals surface area contributed by atoms with Crippen molar-refractivity contribution in [3.63, 3.8) is 0 Å². The second kappa shape index (κ2) is 35.6. The van der Waals surface area contributed by atoms with Crippen molar-refractivity contribution in [2.45, 2.75) is 145 Å². The third kappa shape index (κ3) is 20.2. The number of fused-ring (bicyclic) bond motifs is 2. The minimum Gasteiger partial charge on any atom is -0.691 e. The van der Waals surface area contributed by atoms with Gasteiger partial charge < -0.3 is 96.8 Å². The summed E-state index contributed by atoms with van der Waals surface area (Å²) in [5, 5.41) is 114. The van der Waals surface area contributed by atoms with Crippen LogP contribution in [0.1, 0.15) is 81.1 Å². The second-order valence-corrected chi connectivity index (χ2v) is 23.8. The number of ether oxygens (including phenoxy) is 2. The van der Waals surface area contributed by atoms with Crippen LogP contribution in [0.4, 0.5) is 0 Å². The van der Waals surface area contributed by atoms with E-state index in [2.05, 4.69) is 46.2 Å². The van der Waals surface area contributed by atoms with Gasteiger partial charge >= 0.3 is 29.6 Å². The molecule has 1 aromatic heterocycles. The Morgan fingerprint density at radius 2 is 1.39 bits per heavy atom. The molecule has 3 saturated heterocycles. The van der Waals surface area contributed by atoms with Gasteiger partial charge in [-0.25, -0.2) is 0 Å². The quantitative estimate of drug-likeness (QED) is 0.0102. The number of methoxy groups -OCH3 is 1. The van der Waals surface area contributed by atoms with Crippen LogP contribution < -0.4 is 76.1 Å². The first-order valence-corrected chi connectivity index (χ1v) is 30.7. The Bertz CT molecular complexity index is 3160. The second-order valence-electron chi connectivity index (χ2n) is 22.4. The summed E-state index contributed by atoms with van der Waals surface area (Å²) < 4.78 is 20.2. The SMILES string of the molecule is COCCCCCCCOc1ccc(-c2nnc(-c3ccc(C(=O)N[C@H]4CC(O)CNC(=O)C5C(O)C(C)CN5C(=O)C(C(O)CC(N)=O)NC(=O)C(C(O)Cc5ccc(O)c(OSOO[O-])c5)NC(=O)C5CC(O)CN5C(=O)C(C(C)O)NC4=O)cc3)s2)cc1.[Na+]. The van der Waals surface area contributed by atoms with E-state index < -0.39 is 177 Å². The van der Waals surface area contributed by atoms with E-state index in [1.54, 1.807) is 19.2 Å². The Labute approximate surface area is 558 Å². The third-order valence-corrected chi connectivity index (χ3v) is 16.9. The number of nitrogens with two attached hydrogens (primary N) is 1. The number of phenolic OH excluding ortho intramolecular Hbond substituents is 1. The maximum atomic E-state index is 14.7. The van der Waals surface area contributed by atoms with Crippen LogP contribution in [0.3, 0.4) is 0 Å². The number of aliphatic hydroxyl groups is 6. The van der Waals surface area contributed by atoms with Gasteiger partial charge in [-0.3, -0.25) is 43.4 Å². The molecule has 4 aromatic rings. The maximum absolute atomic E-state index is 14.7. The van der Waals surface area contributed by atoms with Gasteiger partial charge in [0.2, 0.25) is 41.4 Å². The van der Waals surface area contributed by atoms with Crippen molar-refractivity contribution in [1.29, 1.82) is 0 Å². The molecule has 92 heavy (non-hydrogen) atoms.